The predicted molar refractivity (Wildman–Crippen MR) is 88.7 cm³/mol. The molecule has 0 aromatic carbocycles. The molecule has 0 aliphatic carbocycles. The van der Waals surface area contributed by atoms with Gasteiger partial charge in [-0.3, -0.25) is 9.59 Å². The van der Waals surface area contributed by atoms with E-state index in [1.165, 1.54) is 20.0 Å². The molecule has 4 nitrogen and oxygen atoms in total. The van der Waals surface area contributed by atoms with E-state index in [1.807, 2.05) is 0 Å². The van der Waals surface area contributed by atoms with Gasteiger partial charge in [-0.25, -0.2) is 0 Å². The van der Waals surface area contributed by atoms with Crippen LogP contribution in [0.25, 0.3) is 0 Å². The number of carboxylic acid groups (broad SMARTS) is 1. The van der Waals surface area contributed by atoms with E-state index in [4.69, 9.17) is 5.11 Å². The number of carbonyl (C=O) groups excluding carboxylic acids is 1. The van der Waals surface area contributed by atoms with E-state index in [1.54, 1.807) is 0 Å². The zero-order valence-corrected chi connectivity index (χ0v) is 13.8. The predicted octanol–water partition coefficient (Wildman–Crippen LogP) is 4.65. The van der Waals surface area contributed by atoms with Crippen LogP contribution in [0.4, 0.5) is 0 Å². The van der Waals surface area contributed by atoms with Crippen LogP contribution in [0.15, 0.2) is 24.3 Å². The molecule has 22 heavy (non-hydrogen) atoms. The summed E-state index contributed by atoms with van der Waals surface area (Å²) in [7, 11) is 1.42. The molecule has 0 radical (unpaired) electrons. The van der Waals surface area contributed by atoms with E-state index in [0.29, 0.717) is 12.8 Å². The van der Waals surface area contributed by atoms with Crippen LogP contribution in [-0.4, -0.2) is 24.2 Å². The van der Waals surface area contributed by atoms with Gasteiger partial charge in [0.2, 0.25) is 0 Å². The van der Waals surface area contributed by atoms with E-state index in [0.717, 1.165) is 44.9 Å². The molecule has 0 aliphatic rings. The minimum Gasteiger partial charge on any atom is -0.481 e. The highest BCUT2D eigenvalue weighted by atomic mass is 16.5. The van der Waals surface area contributed by atoms with Crippen molar-refractivity contribution in [2.75, 3.05) is 7.11 Å². The Morgan fingerprint density at radius 2 is 1.41 bits per heavy atom. The molecule has 0 saturated heterocycles. The summed E-state index contributed by atoms with van der Waals surface area (Å²) >= 11 is 0. The van der Waals surface area contributed by atoms with Gasteiger partial charge >= 0.3 is 11.9 Å². The summed E-state index contributed by atoms with van der Waals surface area (Å²) in [5.41, 5.74) is 0. The quantitative estimate of drug-likeness (QED) is 0.288. The lowest BCUT2D eigenvalue weighted by Crippen LogP contribution is -1.98. The van der Waals surface area contributed by atoms with Gasteiger partial charge in [0.05, 0.1) is 7.11 Å². The molecule has 0 saturated carbocycles. The molecule has 126 valence electrons. The fourth-order valence-corrected chi connectivity index (χ4v) is 2.04. The van der Waals surface area contributed by atoms with Crippen LogP contribution in [0.1, 0.15) is 70.6 Å². The molecule has 0 aromatic rings. The van der Waals surface area contributed by atoms with Gasteiger partial charge in [0.1, 0.15) is 0 Å². The van der Waals surface area contributed by atoms with E-state index in [9.17, 15) is 9.59 Å². The molecule has 0 heterocycles. The Labute approximate surface area is 134 Å². The summed E-state index contributed by atoms with van der Waals surface area (Å²) in [6.45, 7) is 0. The number of carbonyl (C=O) groups is 2. The van der Waals surface area contributed by atoms with Crippen molar-refractivity contribution in [1.82, 2.24) is 0 Å². The maximum Gasteiger partial charge on any atom is 0.305 e. The fraction of sp³-hybridized carbons (Fsp3) is 0.667. The number of ether oxygens (including phenoxy) is 1. The molecule has 0 aliphatic heterocycles. The van der Waals surface area contributed by atoms with Crippen LogP contribution in [0.5, 0.6) is 0 Å². The number of allylic oxidation sites excluding steroid dienone is 4. The van der Waals surface area contributed by atoms with Crippen molar-refractivity contribution in [3.8, 4) is 0 Å². The van der Waals surface area contributed by atoms with Gasteiger partial charge in [-0.15, -0.1) is 0 Å². The van der Waals surface area contributed by atoms with Crippen molar-refractivity contribution >= 4 is 11.9 Å². The van der Waals surface area contributed by atoms with Crippen LogP contribution in [-0.2, 0) is 14.3 Å². The van der Waals surface area contributed by atoms with Gasteiger partial charge in [0.15, 0.2) is 0 Å². The molecule has 0 aromatic heterocycles. The lowest BCUT2D eigenvalue weighted by molar-refractivity contribution is -0.140. The summed E-state index contributed by atoms with van der Waals surface area (Å²) in [5.74, 6) is -0.836. The smallest absolute Gasteiger partial charge is 0.305 e. The SMILES string of the molecule is COC(=O)CCC/C=C\C/C=C\CCCCCCCC(=O)O. The van der Waals surface area contributed by atoms with Gasteiger partial charge in [0, 0.05) is 12.8 Å². The van der Waals surface area contributed by atoms with Crippen molar-refractivity contribution in [1.29, 1.82) is 0 Å². The number of hydrogen-bond donors (Lipinski definition) is 1. The Hall–Kier alpha value is -1.58. The number of carboxylic acids is 1. The van der Waals surface area contributed by atoms with Crippen LogP contribution >= 0.6 is 0 Å². The number of hydrogen-bond acceptors (Lipinski definition) is 3. The van der Waals surface area contributed by atoms with Crippen molar-refractivity contribution in [3.05, 3.63) is 24.3 Å². The summed E-state index contributed by atoms with van der Waals surface area (Å²) < 4.78 is 4.57. The lowest BCUT2D eigenvalue weighted by Gasteiger charge is -1.98. The topological polar surface area (TPSA) is 63.6 Å². The van der Waals surface area contributed by atoms with Crippen molar-refractivity contribution in [2.24, 2.45) is 0 Å². The van der Waals surface area contributed by atoms with E-state index < -0.39 is 5.97 Å². The molecule has 0 fully saturated rings. The molecular formula is C18H30O4. The monoisotopic (exact) mass is 310 g/mol. The van der Waals surface area contributed by atoms with Crippen LogP contribution in [0.2, 0.25) is 0 Å². The van der Waals surface area contributed by atoms with Crippen LogP contribution in [0, 0.1) is 0 Å². The summed E-state index contributed by atoms with van der Waals surface area (Å²) in [4.78, 5) is 21.2. The zero-order valence-electron chi connectivity index (χ0n) is 13.8. The van der Waals surface area contributed by atoms with Gasteiger partial charge in [0.25, 0.3) is 0 Å². The largest absolute Gasteiger partial charge is 0.481 e. The zero-order chi connectivity index (χ0) is 16.5. The lowest BCUT2D eigenvalue weighted by atomic mass is 10.1. The molecule has 0 unspecified atom stereocenters. The van der Waals surface area contributed by atoms with Gasteiger partial charge in [-0.2, -0.15) is 0 Å². The molecular weight excluding hydrogens is 280 g/mol. The van der Waals surface area contributed by atoms with Crippen molar-refractivity contribution < 1.29 is 19.4 Å². The van der Waals surface area contributed by atoms with Gasteiger partial charge in [-0.1, -0.05) is 43.6 Å². The minimum atomic E-state index is -0.693. The molecule has 0 bridgehead atoms. The first kappa shape index (κ1) is 20.4. The Morgan fingerprint density at radius 3 is 2.05 bits per heavy atom. The van der Waals surface area contributed by atoms with Crippen LogP contribution < -0.4 is 0 Å². The second kappa shape index (κ2) is 15.8. The Kier molecular flexibility index (Phi) is 14.7. The first-order chi connectivity index (χ1) is 10.7. The average molecular weight is 310 g/mol. The second-order valence-electron chi connectivity index (χ2n) is 5.35. The summed E-state index contributed by atoms with van der Waals surface area (Å²) in [6.07, 6.45) is 18.5. The van der Waals surface area contributed by atoms with Crippen molar-refractivity contribution in [2.45, 2.75) is 70.6 Å². The third-order valence-electron chi connectivity index (χ3n) is 3.35. The Morgan fingerprint density at radius 1 is 0.818 bits per heavy atom. The van der Waals surface area contributed by atoms with E-state index >= 15 is 0 Å². The third kappa shape index (κ3) is 16.5. The number of aliphatic carboxylic acids is 1. The highest BCUT2D eigenvalue weighted by Gasteiger charge is 1.97. The maximum atomic E-state index is 10.9. The number of rotatable bonds is 14. The molecule has 0 spiro atoms. The van der Waals surface area contributed by atoms with Gasteiger partial charge in [-0.05, 0) is 38.5 Å². The molecule has 0 atom stereocenters. The number of esters is 1. The Balaban J connectivity index is 3.26. The van der Waals surface area contributed by atoms with Gasteiger partial charge < -0.3 is 9.84 Å². The number of methoxy groups -OCH3 is 1. The highest BCUT2D eigenvalue weighted by Crippen LogP contribution is 2.08. The summed E-state index contributed by atoms with van der Waals surface area (Å²) in [5, 5.41) is 8.51. The second-order valence-corrected chi connectivity index (χ2v) is 5.35. The minimum absolute atomic E-state index is 0.142. The maximum absolute atomic E-state index is 10.9. The molecule has 0 amide bonds. The normalized spacial score (nSPS) is 11.3. The molecule has 4 heteroatoms. The molecule has 0 rings (SSSR count). The molecule has 1 N–H and O–H groups in total. The average Bonchev–Trinajstić information content (AvgIpc) is 2.50. The fourth-order valence-electron chi connectivity index (χ4n) is 2.04. The van der Waals surface area contributed by atoms with Crippen molar-refractivity contribution in [3.63, 3.8) is 0 Å². The third-order valence-corrected chi connectivity index (χ3v) is 3.35. The van der Waals surface area contributed by atoms with E-state index in [2.05, 4.69) is 29.0 Å². The van der Waals surface area contributed by atoms with E-state index in [-0.39, 0.29) is 5.97 Å². The standard InChI is InChI=1S/C18H30O4/c1-22-18(21)16-14-12-10-8-6-4-2-3-5-7-9-11-13-15-17(19)20/h2,4,8,10H,3,5-7,9,11-16H2,1H3,(H,19,20)/b4-2-,10-8-. The van der Waals surface area contributed by atoms with Crippen LogP contribution in [0.3, 0.4) is 0 Å². The highest BCUT2D eigenvalue weighted by molar-refractivity contribution is 5.69. The first-order valence-electron chi connectivity index (χ1n) is 8.25. The Bertz CT molecular complexity index is 345. The number of unbranched alkanes of at least 4 members (excludes halogenated alkanes) is 6. The first-order valence-corrected chi connectivity index (χ1v) is 8.25. The summed E-state index contributed by atoms with van der Waals surface area (Å²) in [6, 6.07) is 0.